The molecule has 3 rings (SSSR count). The summed E-state index contributed by atoms with van der Waals surface area (Å²) in [5.74, 6) is 1.10. The first-order chi connectivity index (χ1) is 8.34. The van der Waals surface area contributed by atoms with Crippen molar-refractivity contribution in [1.82, 2.24) is 15.0 Å². The molecule has 2 aromatic heterocycles. The van der Waals surface area contributed by atoms with Crippen LogP contribution in [-0.4, -0.2) is 15.0 Å². The lowest BCUT2D eigenvalue weighted by Gasteiger charge is -2.04. The van der Waals surface area contributed by atoms with Crippen molar-refractivity contribution in [3.05, 3.63) is 48.8 Å². The highest BCUT2D eigenvalue weighted by Crippen LogP contribution is 2.21. The van der Waals surface area contributed by atoms with E-state index in [1.165, 1.54) is 0 Å². The second-order valence-corrected chi connectivity index (χ2v) is 3.69. The molecule has 1 aromatic carbocycles. The van der Waals surface area contributed by atoms with Crippen LogP contribution < -0.4 is 5.73 Å². The van der Waals surface area contributed by atoms with Gasteiger partial charge in [0.05, 0.1) is 5.52 Å². The van der Waals surface area contributed by atoms with Gasteiger partial charge in [0.25, 0.3) is 0 Å². The van der Waals surface area contributed by atoms with Crippen molar-refractivity contribution in [2.75, 3.05) is 5.73 Å². The lowest BCUT2D eigenvalue weighted by molar-refractivity contribution is 1.21. The average molecular weight is 332 g/mol. The molecule has 0 saturated carbocycles. The summed E-state index contributed by atoms with van der Waals surface area (Å²) in [6.45, 7) is 0. The molecule has 0 bridgehead atoms. The van der Waals surface area contributed by atoms with Crippen LogP contribution in [0.25, 0.3) is 22.3 Å². The van der Waals surface area contributed by atoms with Crippen LogP contribution in [0.15, 0.2) is 48.8 Å². The van der Waals surface area contributed by atoms with Crippen molar-refractivity contribution in [2.45, 2.75) is 0 Å². The number of aromatic nitrogens is 3. The molecule has 0 aliphatic rings. The Balaban J connectivity index is 0.00000120. The van der Waals surface area contributed by atoms with Crippen LogP contribution in [0, 0.1) is 0 Å². The summed E-state index contributed by atoms with van der Waals surface area (Å²) in [6, 6.07) is 11.5. The van der Waals surface area contributed by atoms with Crippen molar-refractivity contribution in [2.24, 2.45) is 0 Å². The van der Waals surface area contributed by atoms with Gasteiger partial charge in [0.2, 0.25) is 0 Å². The van der Waals surface area contributed by atoms with E-state index in [2.05, 4.69) is 15.0 Å². The molecule has 4 nitrogen and oxygen atoms in total. The average Bonchev–Trinajstić information content (AvgIpc) is 2.40. The first-order valence-electron chi connectivity index (χ1n) is 5.27. The molecular weight excluding hydrogens is 319 g/mol. The quantitative estimate of drug-likeness (QED) is 0.740. The van der Waals surface area contributed by atoms with Crippen molar-refractivity contribution in [3.63, 3.8) is 0 Å². The maximum Gasteiger partial charge on any atom is 0.163 e. The van der Waals surface area contributed by atoms with E-state index in [-0.39, 0.29) is 37.2 Å². The number of hydrogen-bond donors (Lipinski definition) is 1. The summed E-state index contributed by atoms with van der Waals surface area (Å²) < 4.78 is 0. The largest absolute Gasteiger partial charge is 0.383 e. The number of rotatable bonds is 1. The van der Waals surface area contributed by atoms with Gasteiger partial charge in [-0.2, -0.15) is 0 Å². The molecule has 0 atom stereocenters. The molecule has 20 heavy (non-hydrogen) atoms. The first kappa shape index (κ1) is 18.4. The maximum atomic E-state index is 5.92. The molecule has 0 aliphatic heterocycles. The van der Waals surface area contributed by atoms with Crippen LogP contribution in [-0.2, 0) is 0 Å². The normalized spacial score (nSPS) is 9.00. The predicted octanol–water partition coefficient (Wildman–Crippen LogP) is 3.54. The van der Waals surface area contributed by atoms with Gasteiger partial charge in [-0.1, -0.05) is 12.1 Å². The van der Waals surface area contributed by atoms with E-state index in [1.54, 1.807) is 12.4 Å². The van der Waals surface area contributed by atoms with Gasteiger partial charge in [-0.05, 0) is 24.3 Å². The number of nitrogens with two attached hydrogens (primary N) is 1. The van der Waals surface area contributed by atoms with E-state index >= 15 is 0 Å². The van der Waals surface area contributed by atoms with Gasteiger partial charge in [0.15, 0.2) is 5.82 Å². The van der Waals surface area contributed by atoms with E-state index in [1.807, 2.05) is 36.4 Å². The number of anilines is 1. The second-order valence-electron chi connectivity index (χ2n) is 3.69. The van der Waals surface area contributed by atoms with Gasteiger partial charge in [-0.3, -0.25) is 4.98 Å². The van der Waals surface area contributed by atoms with Crippen molar-refractivity contribution < 1.29 is 0 Å². The van der Waals surface area contributed by atoms with E-state index < -0.39 is 0 Å². The second kappa shape index (κ2) is 7.85. The molecule has 0 unspecified atom stereocenters. The van der Waals surface area contributed by atoms with Crippen LogP contribution in [0.4, 0.5) is 5.82 Å². The number of hydrogen-bond acceptors (Lipinski definition) is 4. The summed E-state index contributed by atoms with van der Waals surface area (Å²) in [7, 11) is 0. The molecule has 2 N–H and O–H groups in total. The molecule has 7 heteroatoms. The standard InChI is InChI=1S/C13H10N4.3ClH/c14-12-10-5-1-2-6-11(10)16-13(17-12)9-4-3-7-15-8-9;;;/h1-8H,(H2,14,16,17);3*1H. The van der Waals surface area contributed by atoms with E-state index in [0.717, 1.165) is 16.5 Å². The maximum absolute atomic E-state index is 5.92. The Kier molecular flexibility index (Phi) is 7.21. The van der Waals surface area contributed by atoms with Gasteiger partial charge in [0.1, 0.15) is 5.82 Å². The molecule has 3 aromatic rings. The number of halogens is 3. The lowest BCUT2D eigenvalue weighted by atomic mass is 10.2. The van der Waals surface area contributed by atoms with Gasteiger partial charge in [0, 0.05) is 23.3 Å². The zero-order chi connectivity index (χ0) is 11.7. The fraction of sp³-hybridized carbons (Fsp3) is 0. The predicted molar refractivity (Wildman–Crippen MR) is 88.9 cm³/mol. The van der Waals surface area contributed by atoms with Crippen molar-refractivity contribution >= 4 is 53.9 Å². The molecule has 0 spiro atoms. The Bertz CT molecular complexity index is 677. The summed E-state index contributed by atoms with van der Waals surface area (Å²) in [4.78, 5) is 12.8. The van der Waals surface area contributed by atoms with E-state index in [4.69, 9.17) is 5.73 Å². The number of para-hydroxylation sites is 1. The molecule has 0 radical (unpaired) electrons. The minimum atomic E-state index is 0. The van der Waals surface area contributed by atoms with E-state index in [9.17, 15) is 0 Å². The molecule has 0 saturated heterocycles. The Morgan fingerprint density at radius 3 is 2.30 bits per heavy atom. The summed E-state index contributed by atoms with van der Waals surface area (Å²) in [5.41, 5.74) is 7.63. The Morgan fingerprint density at radius 2 is 1.60 bits per heavy atom. The molecule has 0 fully saturated rings. The minimum absolute atomic E-state index is 0. The number of pyridine rings is 1. The highest BCUT2D eigenvalue weighted by Gasteiger charge is 2.06. The van der Waals surface area contributed by atoms with Crippen LogP contribution in [0.5, 0.6) is 0 Å². The zero-order valence-electron chi connectivity index (χ0n) is 10.3. The van der Waals surface area contributed by atoms with Crippen molar-refractivity contribution in [3.8, 4) is 11.4 Å². The summed E-state index contributed by atoms with van der Waals surface area (Å²) >= 11 is 0. The topological polar surface area (TPSA) is 64.7 Å². The Morgan fingerprint density at radius 1 is 0.850 bits per heavy atom. The van der Waals surface area contributed by atoms with Crippen LogP contribution in [0.1, 0.15) is 0 Å². The summed E-state index contributed by atoms with van der Waals surface area (Å²) in [6.07, 6.45) is 3.44. The molecular formula is C13H13Cl3N4. The molecule has 106 valence electrons. The van der Waals surface area contributed by atoms with Crippen LogP contribution in [0.2, 0.25) is 0 Å². The monoisotopic (exact) mass is 330 g/mol. The SMILES string of the molecule is Cl.Cl.Cl.Nc1nc(-c2cccnc2)nc2ccccc12. The smallest absolute Gasteiger partial charge is 0.163 e. The van der Waals surface area contributed by atoms with Gasteiger partial charge >= 0.3 is 0 Å². The lowest BCUT2D eigenvalue weighted by Crippen LogP contribution is -1.97. The molecule has 2 heterocycles. The highest BCUT2D eigenvalue weighted by molar-refractivity contribution is 5.89. The Labute approximate surface area is 135 Å². The Hall–Kier alpha value is -1.62. The third kappa shape index (κ3) is 3.48. The third-order valence-corrected chi connectivity index (χ3v) is 2.55. The number of fused-ring (bicyclic) bond motifs is 1. The van der Waals surface area contributed by atoms with Crippen LogP contribution in [0.3, 0.4) is 0 Å². The van der Waals surface area contributed by atoms with E-state index in [0.29, 0.717) is 11.6 Å². The van der Waals surface area contributed by atoms with Crippen LogP contribution >= 0.6 is 37.2 Å². The van der Waals surface area contributed by atoms with Gasteiger partial charge in [-0.25, -0.2) is 9.97 Å². The third-order valence-electron chi connectivity index (χ3n) is 2.55. The minimum Gasteiger partial charge on any atom is -0.383 e. The molecule has 0 amide bonds. The van der Waals surface area contributed by atoms with Crippen molar-refractivity contribution in [1.29, 1.82) is 0 Å². The van der Waals surface area contributed by atoms with Gasteiger partial charge in [-0.15, -0.1) is 37.2 Å². The summed E-state index contributed by atoms with van der Waals surface area (Å²) in [5, 5.41) is 0.875. The fourth-order valence-electron chi connectivity index (χ4n) is 1.73. The van der Waals surface area contributed by atoms with Gasteiger partial charge < -0.3 is 5.73 Å². The molecule has 0 aliphatic carbocycles. The highest BCUT2D eigenvalue weighted by atomic mass is 35.5. The number of nitrogen functional groups attached to an aromatic ring is 1. The number of nitrogens with zero attached hydrogens (tertiary/aromatic N) is 3. The number of benzene rings is 1. The zero-order valence-corrected chi connectivity index (χ0v) is 12.7. The first-order valence-corrected chi connectivity index (χ1v) is 5.27. The fourth-order valence-corrected chi connectivity index (χ4v) is 1.73.